The summed E-state index contributed by atoms with van der Waals surface area (Å²) in [5.41, 5.74) is 6.44. The highest BCUT2D eigenvalue weighted by Crippen LogP contribution is 2.09. The second-order valence-corrected chi connectivity index (χ2v) is 4.03. The van der Waals surface area contributed by atoms with Crippen molar-refractivity contribution >= 4 is 11.8 Å². The zero-order chi connectivity index (χ0) is 12.3. The predicted molar refractivity (Wildman–Crippen MR) is 66.5 cm³/mol. The van der Waals surface area contributed by atoms with Crippen molar-refractivity contribution in [2.45, 2.75) is 26.4 Å². The van der Waals surface area contributed by atoms with E-state index in [0.29, 0.717) is 5.95 Å². The SMILES string of the molecule is Cc1cc(NC(C)Cn2cccn2)nc(N)n1. The van der Waals surface area contributed by atoms with Crippen molar-refractivity contribution in [2.24, 2.45) is 0 Å². The molecule has 1 atom stereocenters. The van der Waals surface area contributed by atoms with Crippen molar-refractivity contribution in [1.29, 1.82) is 0 Å². The maximum absolute atomic E-state index is 5.59. The van der Waals surface area contributed by atoms with Gasteiger partial charge in [-0.2, -0.15) is 10.1 Å². The minimum absolute atomic E-state index is 0.212. The Hall–Kier alpha value is -2.11. The van der Waals surface area contributed by atoms with Gasteiger partial charge in [-0.15, -0.1) is 0 Å². The summed E-state index contributed by atoms with van der Waals surface area (Å²) in [5, 5.41) is 7.42. The molecule has 0 fully saturated rings. The minimum atomic E-state index is 0.212. The van der Waals surface area contributed by atoms with Gasteiger partial charge in [-0.3, -0.25) is 4.68 Å². The van der Waals surface area contributed by atoms with Gasteiger partial charge in [0.25, 0.3) is 0 Å². The number of aromatic nitrogens is 4. The topological polar surface area (TPSA) is 81.7 Å². The van der Waals surface area contributed by atoms with E-state index < -0.39 is 0 Å². The van der Waals surface area contributed by atoms with Crippen LogP contribution in [0.3, 0.4) is 0 Å². The van der Waals surface area contributed by atoms with Crippen molar-refractivity contribution in [2.75, 3.05) is 11.1 Å². The van der Waals surface area contributed by atoms with Gasteiger partial charge in [0.2, 0.25) is 5.95 Å². The smallest absolute Gasteiger partial charge is 0.222 e. The summed E-state index contributed by atoms with van der Waals surface area (Å²) in [7, 11) is 0. The molecule has 0 amide bonds. The predicted octanol–water partition coefficient (Wildman–Crippen LogP) is 1.06. The summed E-state index contributed by atoms with van der Waals surface area (Å²) >= 11 is 0. The van der Waals surface area contributed by atoms with Crippen LogP contribution in [-0.2, 0) is 6.54 Å². The highest BCUT2D eigenvalue weighted by atomic mass is 15.3. The van der Waals surface area contributed by atoms with Gasteiger partial charge in [-0.1, -0.05) is 0 Å². The Morgan fingerprint density at radius 3 is 2.94 bits per heavy atom. The van der Waals surface area contributed by atoms with Crippen LogP contribution in [0.15, 0.2) is 24.5 Å². The number of nitrogens with one attached hydrogen (secondary N) is 1. The second-order valence-electron chi connectivity index (χ2n) is 4.03. The molecular formula is C11H16N6. The normalized spacial score (nSPS) is 12.4. The van der Waals surface area contributed by atoms with Crippen LogP contribution in [0.1, 0.15) is 12.6 Å². The molecule has 0 radical (unpaired) electrons. The van der Waals surface area contributed by atoms with E-state index >= 15 is 0 Å². The largest absolute Gasteiger partial charge is 0.368 e. The van der Waals surface area contributed by atoms with Crippen LogP contribution in [0, 0.1) is 6.92 Å². The van der Waals surface area contributed by atoms with Crippen LogP contribution in [0.5, 0.6) is 0 Å². The summed E-state index contributed by atoms with van der Waals surface area (Å²) < 4.78 is 1.87. The summed E-state index contributed by atoms with van der Waals surface area (Å²) in [6.07, 6.45) is 3.69. The lowest BCUT2D eigenvalue weighted by atomic mass is 10.3. The number of nitrogen functional groups attached to an aromatic ring is 1. The Morgan fingerprint density at radius 1 is 1.47 bits per heavy atom. The molecule has 0 saturated heterocycles. The molecule has 6 heteroatoms. The fourth-order valence-electron chi connectivity index (χ4n) is 1.65. The molecule has 0 bridgehead atoms. The molecule has 90 valence electrons. The van der Waals surface area contributed by atoms with Gasteiger partial charge < -0.3 is 11.1 Å². The number of rotatable bonds is 4. The molecule has 2 aromatic heterocycles. The zero-order valence-corrected chi connectivity index (χ0v) is 9.96. The summed E-state index contributed by atoms with van der Waals surface area (Å²) in [6.45, 7) is 4.73. The quantitative estimate of drug-likeness (QED) is 0.823. The van der Waals surface area contributed by atoms with Crippen LogP contribution >= 0.6 is 0 Å². The molecule has 0 saturated carbocycles. The molecule has 1 unspecified atom stereocenters. The fourth-order valence-corrected chi connectivity index (χ4v) is 1.65. The third-order valence-electron chi connectivity index (χ3n) is 2.29. The number of aryl methyl sites for hydroxylation is 1. The number of nitrogens with zero attached hydrogens (tertiary/aromatic N) is 4. The van der Waals surface area contributed by atoms with Gasteiger partial charge in [-0.25, -0.2) is 4.98 Å². The second kappa shape index (κ2) is 4.82. The molecule has 2 aromatic rings. The monoisotopic (exact) mass is 232 g/mol. The Bertz CT molecular complexity index is 458. The van der Waals surface area contributed by atoms with Gasteiger partial charge >= 0.3 is 0 Å². The van der Waals surface area contributed by atoms with E-state index in [0.717, 1.165) is 18.1 Å². The average Bonchev–Trinajstić information content (AvgIpc) is 2.67. The Kier molecular flexibility index (Phi) is 3.22. The average molecular weight is 232 g/mol. The van der Waals surface area contributed by atoms with Crippen molar-refractivity contribution in [1.82, 2.24) is 19.7 Å². The van der Waals surface area contributed by atoms with Gasteiger partial charge in [0, 0.05) is 30.2 Å². The third-order valence-corrected chi connectivity index (χ3v) is 2.29. The van der Waals surface area contributed by atoms with E-state index in [9.17, 15) is 0 Å². The maximum atomic E-state index is 5.59. The van der Waals surface area contributed by atoms with Gasteiger partial charge in [-0.05, 0) is 19.9 Å². The van der Waals surface area contributed by atoms with Crippen molar-refractivity contribution < 1.29 is 0 Å². The molecule has 0 aliphatic carbocycles. The lowest BCUT2D eigenvalue weighted by Gasteiger charge is -2.14. The molecule has 0 aromatic carbocycles. The molecule has 6 nitrogen and oxygen atoms in total. The van der Waals surface area contributed by atoms with Crippen LogP contribution in [0.25, 0.3) is 0 Å². The number of hydrogen-bond donors (Lipinski definition) is 2. The first kappa shape index (κ1) is 11.4. The zero-order valence-electron chi connectivity index (χ0n) is 9.96. The van der Waals surface area contributed by atoms with E-state index in [1.165, 1.54) is 0 Å². The van der Waals surface area contributed by atoms with Crippen molar-refractivity contribution in [3.8, 4) is 0 Å². The molecule has 0 aliphatic heterocycles. The molecule has 0 spiro atoms. The standard InChI is InChI=1S/C11H16N6/c1-8-6-10(16-11(12)15-8)14-9(2)7-17-5-3-4-13-17/h3-6,9H,7H2,1-2H3,(H3,12,14,15,16). The Morgan fingerprint density at radius 2 is 2.29 bits per heavy atom. The maximum Gasteiger partial charge on any atom is 0.222 e. The number of hydrogen-bond acceptors (Lipinski definition) is 5. The van der Waals surface area contributed by atoms with Gasteiger partial charge in [0.05, 0.1) is 6.54 Å². The minimum Gasteiger partial charge on any atom is -0.368 e. The molecule has 17 heavy (non-hydrogen) atoms. The van der Waals surface area contributed by atoms with Crippen LogP contribution in [0.4, 0.5) is 11.8 Å². The fraction of sp³-hybridized carbons (Fsp3) is 0.364. The van der Waals surface area contributed by atoms with Gasteiger partial charge in [0.1, 0.15) is 5.82 Å². The van der Waals surface area contributed by atoms with Gasteiger partial charge in [0.15, 0.2) is 0 Å². The lowest BCUT2D eigenvalue weighted by Crippen LogP contribution is -2.23. The first-order valence-electron chi connectivity index (χ1n) is 5.48. The van der Waals surface area contributed by atoms with Crippen LogP contribution in [-0.4, -0.2) is 25.8 Å². The number of anilines is 2. The highest BCUT2D eigenvalue weighted by molar-refractivity contribution is 5.40. The Labute approximate surface area is 99.9 Å². The third kappa shape index (κ3) is 3.17. The van der Waals surface area contributed by atoms with E-state index in [2.05, 4.69) is 27.3 Å². The highest BCUT2D eigenvalue weighted by Gasteiger charge is 2.05. The van der Waals surface area contributed by atoms with Crippen molar-refractivity contribution in [3.05, 3.63) is 30.2 Å². The molecular weight excluding hydrogens is 216 g/mol. The van der Waals surface area contributed by atoms with E-state index in [4.69, 9.17) is 5.73 Å². The molecule has 3 N–H and O–H groups in total. The van der Waals surface area contributed by atoms with E-state index in [1.807, 2.05) is 29.9 Å². The van der Waals surface area contributed by atoms with Crippen LogP contribution in [0.2, 0.25) is 0 Å². The first-order valence-corrected chi connectivity index (χ1v) is 5.48. The van der Waals surface area contributed by atoms with E-state index in [-0.39, 0.29) is 6.04 Å². The molecule has 0 aliphatic rings. The lowest BCUT2D eigenvalue weighted by molar-refractivity contribution is 0.559. The first-order chi connectivity index (χ1) is 8.13. The summed E-state index contributed by atoms with van der Waals surface area (Å²) in [5.74, 6) is 1.04. The molecule has 2 rings (SSSR count). The van der Waals surface area contributed by atoms with Crippen LogP contribution < -0.4 is 11.1 Å². The Balaban J connectivity index is 2.00. The van der Waals surface area contributed by atoms with E-state index in [1.54, 1.807) is 6.20 Å². The summed E-state index contributed by atoms with van der Waals surface area (Å²) in [4.78, 5) is 8.16. The summed E-state index contributed by atoms with van der Waals surface area (Å²) in [6, 6.07) is 3.98. The molecule has 2 heterocycles. The van der Waals surface area contributed by atoms with Crippen molar-refractivity contribution in [3.63, 3.8) is 0 Å². The number of nitrogens with two attached hydrogens (primary N) is 1.